The molecule has 0 saturated heterocycles. The lowest BCUT2D eigenvalue weighted by atomic mass is 10.2. The number of carboxylic acid groups (broad SMARTS) is 1. The molecule has 0 radical (unpaired) electrons. The number of hydrogen-bond donors (Lipinski definition) is 2. The number of furan rings is 1. The maximum absolute atomic E-state index is 11.9. The molecule has 0 saturated carbocycles. The molecule has 0 aliphatic heterocycles. The number of aromatic carboxylic acids is 1. The zero-order valence-corrected chi connectivity index (χ0v) is 11.9. The van der Waals surface area contributed by atoms with E-state index in [4.69, 9.17) is 9.52 Å². The first-order valence-corrected chi connectivity index (χ1v) is 6.63. The van der Waals surface area contributed by atoms with Crippen molar-refractivity contribution in [3.63, 3.8) is 0 Å². The van der Waals surface area contributed by atoms with Crippen LogP contribution in [0.2, 0.25) is 0 Å². The van der Waals surface area contributed by atoms with E-state index < -0.39 is 11.9 Å². The number of rotatable bonds is 6. The molecule has 2 aromatic rings. The fraction of sp³-hybridized carbons (Fsp3) is 0.357. The van der Waals surface area contributed by atoms with Gasteiger partial charge in [0, 0.05) is 32.3 Å². The minimum atomic E-state index is -1.09. The fourth-order valence-electron chi connectivity index (χ4n) is 1.99. The Bertz CT molecular complexity index is 657. The van der Waals surface area contributed by atoms with Gasteiger partial charge >= 0.3 is 5.97 Å². The topological polar surface area (TPSA) is 97.4 Å². The van der Waals surface area contributed by atoms with E-state index in [2.05, 4.69) is 10.4 Å². The summed E-state index contributed by atoms with van der Waals surface area (Å²) < 4.78 is 6.98. The van der Waals surface area contributed by atoms with Crippen molar-refractivity contribution in [2.75, 3.05) is 6.54 Å². The number of amides is 1. The second-order valence-electron chi connectivity index (χ2n) is 4.63. The van der Waals surface area contributed by atoms with Crippen molar-refractivity contribution in [3.8, 4) is 0 Å². The number of nitrogens with one attached hydrogen (secondary N) is 1. The van der Waals surface area contributed by atoms with E-state index >= 15 is 0 Å². The first kappa shape index (κ1) is 14.8. The van der Waals surface area contributed by atoms with Crippen LogP contribution < -0.4 is 5.32 Å². The number of carbonyl (C=O) groups excluding carboxylic acids is 1. The molecule has 0 bridgehead atoms. The molecule has 7 heteroatoms. The first-order chi connectivity index (χ1) is 10.0. The summed E-state index contributed by atoms with van der Waals surface area (Å²) in [6.45, 7) is 2.20. The van der Waals surface area contributed by atoms with Crippen molar-refractivity contribution in [1.82, 2.24) is 15.1 Å². The summed E-state index contributed by atoms with van der Waals surface area (Å²) in [6.07, 6.45) is 4.67. The zero-order valence-electron chi connectivity index (χ0n) is 11.9. The molecule has 0 aliphatic carbocycles. The van der Waals surface area contributed by atoms with Gasteiger partial charge in [0.15, 0.2) is 5.76 Å². The van der Waals surface area contributed by atoms with Gasteiger partial charge in [-0.2, -0.15) is 5.10 Å². The van der Waals surface area contributed by atoms with E-state index in [1.807, 2.05) is 13.2 Å². The number of carbonyl (C=O) groups is 2. The van der Waals surface area contributed by atoms with E-state index in [1.165, 1.54) is 6.07 Å². The Morgan fingerprint density at radius 2 is 2.24 bits per heavy atom. The molecule has 0 spiro atoms. The van der Waals surface area contributed by atoms with Gasteiger partial charge in [0.1, 0.15) is 11.3 Å². The molecular weight excluding hydrogens is 274 g/mol. The molecule has 21 heavy (non-hydrogen) atoms. The maximum Gasteiger partial charge on any atom is 0.339 e. The fourth-order valence-corrected chi connectivity index (χ4v) is 1.99. The summed E-state index contributed by atoms with van der Waals surface area (Å²) >= 11 is 0. The first-order valence-electron chi connectivity index (χ1n) is 6.63. The lowest BCUT2D eigenvalue weighted by molar-refractivity contribution is 0.0694. The minimum Gasteiger partial charge on any atom is -0.478 e. The summed E-state index contributed by atoms with van der Waals surface area (Å²) in [4.78, 5) is 22.9. The van der Waals surface area contributed by atoms with Crippen molar-refractivity contribution in [2.24, 2.45) is 7.05 Å². The van der Waals surface area contributed by atoms with Crippen LogP contribution in [0.1, 0.15) is 39.2 Å². The van der Waals surface area contributed by atoms with Gasteiger partial charge in [0.2, 0.25) is 0 Å². The van der Waals surface area contributed by atoms with Crippen LogP contribution in [-0.4, -0.2) is 33.3 Å². The summed E-state index contributed by atoms with van der Waals surface area (Å²) in [5.74, 6) is -1.18. The van der Waals surface area contributed by atoms with Crippen LogP contribution >= 0.6 is 0 Å². The average molecular weight is 291 g/mol. The Kier molecular flexibility index (Phi) is 4.42. The summed E-state index contributed by atoms with van der Waals surface area (Å²) in [5.41, 5.74) is 1.05. The molecule has 0 aliphatic rings. The van der Waals surface area contributed by atoms with Crippen molar-refractivity contribution in [1.29, 1.82) is 0 Å². The number of aryl methyl sites for hydroxylation is 2. The number of aromatic nitrogens is 2. The molecule has 0 atom stereocenters. The van der Waals surface area contributed by atoms with E-state index in [9.17, 15) is 9.59 Å². The van der Waals surface area contributed by atoms with Gasteiger partial charge in [-0.25, -0.2) is 4.79 Å². The molecule has 7 nitrogen and oxygen atoms in total. The Hall–Kier alpha value is -2.57. The predicted molar refractivity (Wildman–Crippen MR) is 74.3 cm³/mol. The highest BCUT2D eigenvalue weighted by Gasteiger charge is 2.19. The highest BCUT2D eigenvalue weighted by Crippen LogP contribution is 2.16. The van der Waals surface area contributed by atoms with Crippen molar-refractivity contribution < 1.29 is 19.1 Å². The van der Waals surface area contributed by atoms with Gasteiger partial charge in [-0.3, -0.25) is 9.48 Å². The Labute approximate surface area is 121 Å². The predicted octanol–water partition coefficient (Wildman–Crippen LogP) is 1.25. The van der Waals surface area contributed by atoms with Gasteiger partial charge < -0.3 is 14.8 Å². The quantitative estimate of drug-likeness (QED) is 0.834. The van der Waals surface area contributed by atoms with E-state index in [1.54, 1.807) is 17.8 Å². The molecule has 0 aromatic carbocycles. The monoisotopic (exact) mass is 291 g/mol. The number of nitrogens with zero attached hydrogens (tertiary/aromatic N) is 2. The van der Waals surface area contributed by atoms with E-state index in [-0.39, 0.29) is 11.3 Å². The second kappa shape index (κ2) is 6.25. The van der Waals surface area contributed by atoms with E-state index in [0.29, 0.717) is 25.1 Å². The molecule has 0 fully saturated rings. The maximum atomic E-state index is 11.9. The summed E-state index contributed by atoms with van der Waals surface area (Å²) in [5, 5.41) is 15.8. The van der Waals surface area contributed by atoms with Gasteiger partial charge in [-0.05, 0) is 12.0 Å². The molecular formula is C14H17N3O4. The average Bonchev–Trinajstić information content (AvgIpc) is 3.04. The normalized spacial score (nSPS) is 10.6. The molecule has 2 heterocycles. The highest BCUT2D eigenvalue weighted by molar-refractivity contribution is 5.96. The van der Waals surface area contributed by atoms with Gasteiger partial charge in [0.25, 0.3) is 5.91 Å². The highest BCUT2D eigenvalue weighted by atomic mass is 16.4. The van der Waals surface area contributed by atoms with Crippen LogP contribution in [0.5, 0.6) is 0 Å². The number of carboxylic acids is 1. The lowest BCUT2D eigenvalue weighted by Gasteiger charge is -2.01. The molecule has 2 aromatic heterocycles. The van der Waals surface area contributed by atoms with E-state index in [0.717, 1.165) is 5.56 Å². The summed E-state index contributed by atoms with van der Waals surface area (Å²) in [6, 6.07) is 1.26. The number of hydrogen-bond acceptors (Lipinski definition) is 4. The van der Waals surface area contributed by atoms with Crippen LogP contribution in [0.25, 0.3) is 0 Å². The lowest BCUT2D eigenvalue weighted by Crippen LogP contribution is -2.25. The van der Waals surface area contributed by atoms with Crippen molar-refractivity contribution >= 4 is 11.9 Å². The molecule has 1 amide bonds. The Morgan fingerprint density at radius 1 is 1.48 bits per heavy atom. The van der Waals surface area contributed by atoms with Crippen LogP contribution in [-0.2, 0) is 19.9 Å². The van der Waals surface area contributed by atoms with Crippen LogP contribution in [0.15, 0.2) is 22.9 Å². The van der Waals surface area contributed by atoms with Crippen LogP contribution in [0, 0.1) is 0 Å². The second-order valence-corrected chi connectivity index (χ2v) is 4.63. The smallest absolute Gasteiger partial charge is 0.339 e. The third-order valence-electron chi connectivity index (χ3n) is 3.04. The Morgan fingerprint density at radius 3 is 2.76 bits per heavy atom. The standard InChI is InChI=1S/C14H17N3O4/c1-3-11-10(14(19)20)6-12(21-11)13(18)15-5-4-9-7-16-17(2)8-9/h6-8H,3-5H2,1-2H3,(H,15,18)(H,19,20). The van der Waals surface area contributed by atoms with Gasteiger partial charge in [-0.1, -0.05) is 6.92 Å². The van der Waals surface area contributed by atoms with Crippen LogP contribution in [0.3, 0.4) is 0 Å². The SMILES string of the molecule is CCc1oc(C(=O)NCCc2cnn(C)c2)cc1C(=O)O. The van der Waals surface area contributed by atoms with Crippen molar-refractivity contribution in [3.05, 3.63) is 41.1 Å². The molecule has 2 rings (SSSR count). The zero-order chi connectivity index (χ0) is 15.4. The Balaban J connectivity index is 1.95. The molecule has 0 unspecified atom stereocenters. The summed E-state index contributed by atoms with van der Waals surface area (Å²) in [7, 11) is 1.82. The minimum absolute atomic E-state index is 0.0236. The van der Waals surface area contributed by atoms with Crippen LogP contribution in [0.4, 0.5) is 0 Å². The third kappa shape index (κ3) is 3.50. The largest absolute Gasteiger partial charge is 0.478 e. The van der Waals surface area contributed by atoms with Gasteiger partial charge in [-0.15, -0.1) is 0 Å². The third-order valence-corrected chi connectivity index (χ3v) is 3.04. The van der Waals surface area contributed by atoms with Crippen molar-refractivity contribution in [2.45, 2.75) is 19.8 Å². The molecule has 112 valence electrons. The molecule has 2 N–H and O–H groups in total. The van der Waals surface area contributed by atoms with Gasteiger partial charge in [0.05, 0.1) is 6.20 Å².